The van der Waals surface area contributed by atoms with E-state index in [1.54, 1.807) is 12.1 Å². The molecule has 1 aliphatic rings. The minimum atomic E-state index is -0.637. The number of hydrogen-bond acceptors (Lipinski definition) is 4. The van der Waals surface area contributed by atoms with Crippen LogP contribution in [0.5, 0.6) is 0 Å². The third kappa shape index (κ3) is 6.70. The first kappa shape index (κ1) is 20.0. The van der Waals surface area contributed by atoms with Gasteiger partial charge in [-0.1, -0.05) is 48.5 Å². The average Bonchev–Trinajstić information content (AvgIpc) is 3.17. The van der Waals surface area contributed by atoms with E-state index in [2.05, 4.69) is 4.90 Å². The summed E-state index contributed by atoms with van der Waals surface area (Å²) in [7, 11) is 0. The fourth-order valence-electron chi connectivity index (χ4n) is 3.39. The van der Waals surface area contributed by atoms with E-state index in [9.17, 15) is 9.50 Å². The Balaban J connectivity index is 1.52. The number of halogens is 1. The Morgan fingerprint density at radius 2 is 1.93 bits per heavy atom. The molecule has 0 aromatic heterocycles. The minimum Gasteiger partial charge on any atom is -0.389 e. The molecule has 27 heavy (non-hydrogen) atoms. The first-order valence-corrected chi connectivity index (χ1v) is 9.58. The monoisotopic (exact) mass is 373 g/mol. The summed E-state index contributed by atoms with van der Waals surface area (Å²) in [4.78, 5) is 2.06. The van der Waals surface area contributed by atoms with E-state index < -0.39 is 6.10 Å². The molecule has 0 spiro atoms. The summed E-state index contributed by atoms with van der Waals surface area (Å²) in [5.74, 6) is -0.218. The van der Waals surface area contributed by atoms with Gasteiger partial charge in [0.05, 0.1) is 25.4 Å². The molecule has 4 nitrogen and oxygen atoms in total. The van der Waals surface area contributed by atoms with Gasteiger partial charge in [0.15, 0.2) is 0 Å². The molecule has 3 rings (SSSR count). The van der Waals surface area contributed by atoms with Gasteiger partial charge in [-0.05, 0) is 24.5 Å². The maximum atomic E-state index is 14.0. The van der Waals surface area contributed by atoms with Gasteiger partial charge in [0, 0.05) is 31.8 Å². The van der Waals surface area contributed by atoms with Crippen molar-refractivity contribution >= 4 is 0 Å². The highest BCUT2D eigenvalue weighted by molar-refractivity contribution is 5.17. The molecule has 1 aliphatic heterocycles. The molecule has 146 valence electrons. The number of rotatable bonds is 10. The van der Waals surface area contributed by atoms with Crippen LogP contribution in [0.3, 0.4) is 0 Å². The lowest BCUT2D eigenvalue weighted by molar-refractivity contribution is -0.00308. The van der Waals surface area contributed by atoms with Crippen LogP contribution in [0, 0.1) is 5.82 Å². The second-order valence-corrected chi connectivity index (χ2v) is 7.08. The highest BCUT2D eigenvalue weighted by Gasteiger charge is 2.22. The van der Waals surface area contributed by atoms with Crippen LogP contribution in [0.15, 0.2) is 54.6 Å². The van der Waals surface area contributed by atoms with Gasteiger partial charge < -0.3 is 14.6 Å². The summed E-state index contributed by atoms with van der Waals surface area (Å²) in [5, 5.41) is 10.4. The molecule has 0 bridgehead atoms. The maximum Gasteiger partial charge on any atom is 0.127 e. The van der Waals surface area contributed by atoms with E-state index in [4.69, 9.17) is 9.47 Å². The fourth-order valence-corrected chi connectivity index (χ4v) is 3.39. The number of benzene rings is 2. The van der Waals surface area contributed by atoms with Gasteiger partial charge in [-0.3, -0.25) is 4.90 Å². The molecule has 5 heteroatoms. The van der Waals surface area contributed by atoms with E-state index in [-0.39, 0.29) is 18.5 Å². The van der Waals surface area contributed by atoms with Crippen LogP contribution in [0.4, 0.5) is 4.39 Å². The molecule has 1 heterocycles. The van der Waals surface area contributed by atoms with Crippen molar-refractivity contribution in [2.24, 2.45) is 0 Å². The van der Waals surface area contributed by atoms with Crippen LogP contribution in [0.2, 0.25) is 0 Å². The van der Waals surface area contributed by atoms with E-state index in [0.29, 0.717) is 31.8 Å². The van der Waals surface area contributed by atoms with Crippen molar-refractivity contribution < 1.29 is 19.0 Å². The molecule has 2 aromatic carbocycles. The van der Waals surface area contributed by atoms with Gasteiger partial charge in [-0.2, -0.15) is 0 Å². The lowest BCUT2D eigenvalue weighted by Gasteiger charge is -2.27. The molecule has 0 aliphatic carbocycles. The summed E-state index contributed by atoms with van der Waals surface area (Å²) in [6.07, 6.45) is 1.58. The summed E-state index contributed by atoms with van der Waals surface area (Å²) >= 11 is 0. The Hall–Kier alpha value is -1.79. The third-order valence-electron chi connectivity index (χ3n) is 4.73. The van der Waals surface area contributed by atoms with Crippen LogP contribution >= 0.6 is 0 Å². The first-order chi connectivity index (χ1) is 13.2. The average molecular weight is 373 g/mol. The third-order valence-corrected chi connectivity index (χ3v) is 4.73. The van der Waals surface area contributed by atoms with Crippen LogP contribution in [0.25, 0.3) is 0 Å². The number of ether oxygens (including phenoxy) is 2. The lowest BCUT2D eigenvalue weighted by Crippen LogP contribution is -2.39. The smallest absolute Gasteiger partial charge is 0.127 e. The maximum absolute atomic E-state index is 14.0. The summed E-state index contributed by atoms with van der Waals surface area (Å²) in [6, 6.07) is 16.7. The zero-order valence-electron chi connectivity index (χ0n) is 15.6. The Labute approximate surface area is 160 Å². The van der Waals surface area contributed by atoms with Crippen molar-refractivity contribution in [3.63, 3.8) is 0 Å². The van der Waals surface area contributed by atoms with E-state index in [0.717, 1.165) is 25.0 Å². The molecule has 0 radical (unpaired) electrons. The predicted molar refractivity (Wildman–Crippen MR) is 103 cm³/mol. The number of nitrogens with zero attached hydrogens (tertiary/aromatic N) is 1. The molecule has 1 fully saturated rings. The van der Waals surface area contributed by atoms with Crippen LogP contribution in [-0.2, 0) is 22.6 Å². The van der Waals surface area contributed by atoms with Gasteiger partial charge in [0.25, 0.3) is 0 Å². The van der Waals surface area contributed by atoms with Gasteiger partial charge in [-0.15, -0.1) is 0 Å². The Kier molecular flexibility index (Phi) is 7.78. The molecule has 1 N–H and O–H groups in total. The van der Waals surface area contributed by atoms with Crippen molar-refractivity contribution in [2.45, 2.75) is 38.2 Å². The Bertz CT molecular complexity index is 676. The standard InChI is InChI=1S/C22H28FNO3/c23-22-11-5-4-9-19(22)13-24(15-21-10-6-12-27-21)14-20(25)17-26-16-18-7-2-1-3-8-18/h1-5,7-9,11,20-21,25H,6,10,12-17H2/t20-,21+/m0/s1. The number of hydrogen-bond donors (Lipinski definition) is 1. The van der Waals surface area contributed by atoms with Crippen LogP contribution < -0.4 is 0 Å². The topological polar surface area (TPSA) is 41.9 Å². The summed E-state index contributed by atoms with van der Waals surface area (Å²) < 4.78 is 25.4. The van der Waals surface area contributed by atoms with Gasteiger partial charge in [0.2, 0.25) is 0 Å². The fraction of sp³-hybridized carbons (Fsp3) is 0.455. The van der Waals surface area contributed by atoms with E-state index in [1.807, 2.05) is 36.4 Å². The molecular weight excluding hydrogens is 345 g/mol. The molecular formula is C22H28FNO3. The molecule has 0 unspecified atom stereocenters. The number of aliphatic hydroxyl groups is 1. The van der Waals surface area contributed by atoms with Crippen molar-refractivity contribution in [1.29, 1.82) is 0 Å². The zero-order valence-corrected chi connectivity index (χ0v) is 15.6. The minimum absolute atomic E-state index is 0.147. The first-order valence-electron chi connectivity index (χ1n) is 9.58. The second-order valence-electron chi connectivity index (χ2n) is 7.08. The van der Waals surface area contributed by atoms with Crippen molar-refractivity contribution in [1.82, 2.24) is 4.90 Å². The van der Waals surface area contributed by atoms with Gasteiger partial charge >= 0.3 is 0 Å². The van der Waals surface area contributed by atoms with Crippen LogP contribution in [-0.4, -0.2) is 48.5 Å². The predicted octanol–water partition coefficient (Wildman–Crippen LogP) is 3.38. The zero-order chi connectivity index (χ0) is 18.9. The molecule has 2 atom stereocenters. The largest absolute Gasteiger partial charge is 0.389 e. The van der Waals surface area contributed by atoms with E-state index >= 15 is 0 Å². The highest BCUT2D eigenvalue weighted by atomic mass is 19.1. The van der Waals surface area contributed by atoms with Crippen molar-refractivity contribution in [3.8, 4) is 0 Å². The number of aliphatic hydroxyl groups excluding tert-OH is 1. The van der Waals surface area contributed by atoms with Crippen molar-refractivity contribution in [2.75, 3.05) is 26.3 Å². The normalized spacial score (nSPS) is 18.1. The van der Waals surface area contributed by atoms with Crippen molar-refractivity contribution in [3.05, 3.63) is 71.5 Å². The Morgan fingerprint density at radius 1 is 1.15 bits per heavy atom. The van der Waals surface area contributed by atoms with Gasteiger partial charge in [-0.25, -0.2) is 4.39 Å². The van der Waals surface area contributed by atoms with E-state index in [1.165, 1.54) is 6.07 Å². The highest BCUT2D eigenvalue weighted by Crippen LogP contribution is 2.17. The summed E-state index contributed by atoms with van der Waals surface area (Å²) in [5.41, 5.74) is 1.71. The van der Waals surface area contributed by atoms with Crippen LogP contribution in [0.1, 0.15) is 24.0 Å². The quantitative estimate of drug-likeness (QED) is 0.693. The lowest BCUT2D eigenvalue weighted by atomic mass is 10.1. The van der Waals surface area contributed by atoms with Gasteiger partial charge in [0.1, 0.15) is 5.82 Å². The molecule has 0 saturated carbocycles. The molecule has 2 aromatic rings. The Morgan fingerprint density at radius 3 is 2.67 bits per heavy atom. The summed E-state index contributed by atoms with van der Waals surface area (Å²) in [6.45, 7) is 3.04. The molecule has 1 saturated heterocycles. The second kappa shape index (κ2) is 10.5. The SMILES string of the molecule is O[C@H](COCc1ccccc1)CN(Cc1ccccc1F)C[C@H]1CCCO1. The molecule has 0 amide bonds.